The van der Waals surface area contributed by atoms with Crippen molar-refractivity contribution in [2.24, 2.45) is 5.92 Å². The van der Waals surface area contributed by atoms with Crippen LogP contribution in [0.2, 0.25) is 5.02 Å². The minimum atomic E-state index is -0.402. The van der Waals surface area contributed by atoms with Gasteiger partial charge in [0.25, 0.3) is 5.69 Å². The summed E-state index contributed by atoms with van der Waals surface area (Å²) in [6, 6.07) is 4.76. The average molecular weight is 271 g/mol. The normalized spacial score (nSPS) is 20.2. The fourth-order valence-electron chi connectivity index (χ4n) is 2.29. The molecule has 0 spiro atoms. The highest BCUT2D eigenvalue weighted by molar-refractivity contribution is 6.30. The van der Waals surface area contributed by atoms with Crippen LogP contribution in [-0.2, 0) is 6.54 Å². The molecule has 0 amide bonds. The first-order chi connectivity index (χ1) is 8.60. The van der Waals surface area contributed by atoms with E-state index in [2.05, 4.69) is 4.90 Å². The van der Waals surface area contributed by atoms with E-state index in [1.54, 1.807) is 12.1 Å². The van der Waals surface area contributed by atoms with Crippen LogP contribution in [-0.4, -0.2) is 34.6 Å². The van der Waals surface area contributed by atoms with Gasteiger partial charge in [-0.05, 0) is 31.0 Å². The van der Waals surface area contributed by atoms with Gasteiger partial charge in [-0.1, -0.05) is 11.6 Å². The molecule has 1 fully saturated rings. The Kier molecular flexibility index (Phi) is 4.16. The first-order valence-corrected chi connectivity index (χ1v) is 6.24. The summed E-state index contributed by atoms with van der Waals surface area (Å²) in [5.41, 5.74) is 0.734. The van der Waals surface area contributed by atoms with Crippen molar-refractivity contribution in [3.8, 4) is 0 Å². The van der Waals surface area contributed by atoms with Crippen LogP contribution in [0.1, 0.15) is 12.0 Å². The summed E-state index contributed by atoms with van der Waals surface area (Å²) in [5.74, 6) is 0.288. The lowest BCUT2D eigenvalue weighted by molar-refractivity contribution is -0.385. The topological polar surface area (TPSA) is 66.6 Å². The van der Waals surface area contributed by atoms with Crippen LogP contribution in [0.3, 0.4) is 0 Å². The first-order valence-electron chi connectivity index (χ1n) is 5.86. The van der Waals surface area contributed by atoms with Gasteiger partial charge < -0.3 is 5.11 Å². The molecule has 1 aliphatic rings. The Hall–Kier alpha value is -1.17. The molecule has 1 aromatic carbocycles. The van der Waals surface area contributed by atoms with E-state index < -0.39 is 4.92 Å². The zero-order valence-electron chi connectivity index (χ0n) is 9.88. The minimum absolute atomic E-state index is 0.0648. The van der Waals surface area contributed by atoms with Crippen molar-refractivity contribution < 1.29 is 10.0 Å². The average Bonchev–Trinajstić information content (AvgIpc) is 2.79. The zero-order valence-corrected chi connectivity index (χ0v) is 10.6. The third-order valence-electron chi connectivity index (χ3n) is 3.27. The van der Waals surface area contributed by atoms with Gasteiger partial charge in [-0.25, -0.2) is 0 Å². The highest BCUT2D eigenvalue weighted by atomic mass is 35.5. The maximum atomic E-state index is 11.0. The Balaban J connectivity index is 2.12. The van der Waals surface area contributed by atoms with Crippen LogP contribution >= 0.6 is 11.6 Å². The molecule has 0 aromatic heterocycles. The summed E-state index contributed by atoms with van der Waals surface area (Å²) in [7, 11) is 0. The minimum Gasteiger partial charge on any atom is -0.396 e. The predicted octanol–water partition coefficient (Wildman–Crippen LogP) is 2.06. The van der Waals surface area contributed by atoms with E-state index in [0.717, 1.165) is 19.5 Å². The van der Waals surface area contributed by atoms with Crippen LogP contribution in [0, 0.1) is 16.0 Å². The molecule has 0 bridgehead atoms. The molecule has 2 rings (SSSR count). The number of aliphatic hydroxyl groups is 1. The van der Waals surface area contributed by atoms with Gasteiger partial charge in [0.05, 0.1) is 4.92 Å². The van der Waals surface area contributed by atoms with E-state index in [1.165, 1.54) is 6.07 Å². The second-order valence-electron chi connectivity index (χ2n) is 4.60. The number of nitro groups is 1. The van der Waals surface area contributed by atoms with Gasteiger partial charge in [-0.2, -0.15) is 0 Å². The fraction of sp³-hybridized carbons (Fsp3) is 0.500. The molecular formula is C12H15ClN2O3. The molecule has 0 aliphatic carbocycles. The van der Waals surface area contributed by atoms with Crippen LogP contribution < -0.4 is 0 Å². The molecule has 1 N–H and O–H groups in total. The number of halogens is 1. The van der Waals surface area contributed by atoms with Gasteiger partial charge in [0.15, 0.2) is 0 Å². The first kappa shape index (κ1) is 13.3. The van der Waals surface area contributed by atoms with E-state index >= 15 is 0 Å². The molecule has 1 heterocycles. The number of nitrogens with zero attached hydrogens (tertiary/aromatic N) is 2. The fourth-order valence-corrected chi connectivity index (χ4v) is 2.45. The Labute approximate surface area is 110 Å². The second-order valence-corrected chi connectivity index (χ2v) is 5.04. The molecule has 1 saturated heterocycles. The molecular weight excluding hydrogens is 256 g/mol. The number of hydrogen-bond donors (Lipinski definition) is 1. The quantitative estimate of drug-likeness (QED) is 0.672. The Morgan fingerprint density at radius 2 is 2.33 bits per heavy atom. The highest BCUT2D eigenvalue weighted by Crippen LogP contribution is 2.26. The largest absolute Gasteiger partial charge is 0.396 e. The number of benzene rings is 1. The van der Waals surface area contributed by atoms with Crippen LogP contribution in [0.25, 0.3) is 0 Å². The maximum absolute atomic E-state index is 11.0. The van der Waals surface area contributed by atoms with Crippen molar-refractivity contribution in [3.05, 3.63) is 38.9 Å². The van der Waals surface area contributed by atoms with Gasteiger partial charge in [-0.15, -0.1) is 0 Å². The number of rotatable bonds is 4. The van der Waals surface area contributed by atoms with Crippen LogP contribution in [0.5, 0.6) is 0 Å². The van der Waals surface area contributed by atoms with Crippen molar-refractivity contribution in [1.82, 2.24) is 4.90 Å². The Morgan fingerprint density at radius 3 is 2.94 bits per heavy atom. The van der Waals surface area contributed by atoms with E-state index in [1.807, 2.05) is 0 Å². The molecule has 98 valence electrons. The summed E-state index contributed by atoms with van der Waals surface area (Å²) in [5, 5.41) is 20.4. The van der Waals surface area contributed by atoms with Crippen molar-refractivity contribution >= 4 is 17.3 Å². The van der Waals surface area contributed by atoms with Crippen molar-refractivity contribution in [1.29, 1.82) is 0 Å². The molecule has 18 heavy (non-hydrogen) atoms. The molecule has 0 radical (unpaired) electrons. The molecule has 1 aliphatic heterocycles. The molecule has 0 saturated carbocycles. The number of nitro benzene ring substituents is 1. The van der Waals surface area contributed by atoms with E-state index in [9.17, 15) is 10.1 Å². The van der Waals surface area contributed by atoms with Gasteiger partial charge in [0.1, 0.15) is 0 Å². The third kappa shape index (κ3) is 2.98. The predicted molar refractivity (Wildman–Crippen MR) is 68.6 cm³/mol. The summed E-state index contributed by atoms with van der Waals surface area (Å²) < 4.78 is 0. The third-order valence-corrected chi connectivity index (χ3v) is 3.50. The van der Waals surface area contributed by atoms with Crippen molar-refractivity contribution in [2.45, 2.75) is 13.0 Å². The number of aliphatic hydroxyl groups excluding tert-OH is 1. The highest BCUT2D eigenvalue weighted by Gasteiger charge is 2.24. The Bertz CT molecular complexity index is 453. The van der Waals surface area contributed by atoms with Gasteiger partial charge >= 0.3 is 0 Å². The zero-order chi connectivity index (χ0) is 13.1. The Morgan fingerprint density at radius 1 is 1.56 bits per heavy atom. The molecule has 5 nitrogen and oxygen atoms in total. The van der Waals surface area contributed by atoms with Gasteiger partial charge in [-0.3, -0.25) is 15.0 Å². The van der Waals surface area contributed by atoms with Crippen LogP contribution in [0.15, 0.2) is 18.2 Å². The van der Waals surface area contributed by atoms with E-state index in [4.69, 9.17) is 16.7 Å². The molecule has 1 aromatic rings. The summed E-state index contributed by atoms with van der Waals surface area (Å²) in [4.78, 5) is 12.7. The molecule has 1 atom stereocenters. The second kappa shape index (κ2) is 5.65. The summed E-state index contributed by atoms with van der Waals surface area (Å²) >= 11 is 5.77. The molecule has 1 unspecified atom stereocenters. The lowest BCUT2D eigenvalue weighted by Gasteiger charge is -2.15. The number of hydrogen-bond acceptors (Lipinski definition) is 4. The van der Waals surface area contributed by atoms with Crippen molar-refractivity contribution in [2.75, 3.05) is 19.7 Å². The monoisotopic (exact) mass is 270 g/mol. The van der Waals surface area contributed by atoms with Crippen molar-refractivity contribution in [3.63, 3.8) is 0 Å². The lowest BCUT2D eigenvalue weighted by atomic mass is 10.1. The summed E-state index contributed by atoms with van der Waals surface area (Å²) in [6.07, 6.45) is 0.942. The SMILES string of the molecule is O=[N+]([O-])c1cc(Cl)ccc1CN1CCC(CO)C1. The number of likely N-dealkylation sites (tertiary alicyclic amines) is 1. The van der Waals surface area contributed by atoms with E-state index in [-0.39, 0.29) is 18.2 Å². The van der Waals surface area contributed by atoms with Crippen LogP contribution in [0.4, 0.5) is 5.69 Å². The van der Waals surface area contributed by atoms with Gasteiger partial charge in [0.2, 0.25) is 0 Å². The maximum Gasteiger partial charge on any atom is 0.275 e. The lowest BCUT2D eigenvalue weighted by Crippen LogP contribution is -2.21. The van der Waals surface area contributed by atoms with Gasteiger partial charge in [0, 0.05) is 36.3 Å². The molecule has 6 heteroatoms. The standard InChI is InChI=1S/C12H15ClN2O3/c13-11-2-1-10(12(5-11)15(17)18)7-14-4-3-9(6-14)8-16/h1-2,5,9,16H,3-4,6-8H2. The summed E-state index contributed by atoms with van der Waals surface area (Å²) in [6.45, 7) is 2.37. The smallest absolute Gasteiger partial charge is 0.275 e. The van der Waals surface area contributed by atoms with E-state index in [0.29, 0.717) is 17.1 Å².